The van der Waals surface area contributed by atoms with Gasteiger partial charge in [0.25, 0.3) is 15.9 Å². The second-order valence-electron chi connectivity index (χ2n) is 8.30. The molecule has 190 valence electrons. The molecule has 0 aliphatic carbocycles. The molecule has 9 nitrogen and oxygen atoms in total. The summed E-state index contributed by atoms with van der Waals surface area (Å²) in [6.07, 6.45) is 6.25. The Morgan fingerprint density at radius 1 is 1.08 bits per heavy atom. The van der Waals surface area contributed by atoms with Crippen molar-refractivity contribution in [2.75, 3.05) is 39.5 Å². The van der Waals surface area contributed by atoms with E-state index in [4.69, 9.17) is 14.7 Å². The van der Waals surface area contributed by atoms with Crippen LogP contribution in [0.5, 0.6) is 5.75 Å². The quantitative estimate of drug-likeness (QED) is 0.186. The number of hydroxylamine groups is 1. The zero-order chi connectivity index (χ0) is 25.4. The van der Waals surface area contributed by atoms with Gasteiger partial charge >= 0.3 is 0 Å². The number of benzene rings is 2. The van der Waals surface area contributed by atoms with E-state index < -0.39 is 15.9 Å². The molecule has 1 aliphatic heterocycles. The summed E-state index contributed by atoms with van der Waals surface area (Å²) in [4.78, 5) is 13.7. The summed E-state index contributed by atoms with van der Waals surface area (Å²) < 4.78 is 38.6. The second kappa shape index (κ2) is 12.0. The average Bonchev–Trinajstić information content (AvgIpc) is 3.41. The summed E-state index contributed by atoms with van der Waals surface area (Å²) in [6, 6.07) is 15.9. The number of morpholine rings is 1. The Labute approximate surface area is 210 Å². The summed E-state index contributed by atoms with van der Waals surface area (Å²) in [5.41, 5.74) is 3.62. The van der Waals surface area contributed by atoms with E-state index in [0.717, 1.165) is 66.2 Å². The van der Waals surface area contributed by atoms with E-state index in [2.05, 4.69) is 4.90 Å². The maximum Gasteiger partial charge on any atom is 0.267 e. The lowest BCUT2D eigenvalue weighted by Gasteiger charge is -2.26. The Bertz CT molecular complexity index is 1300. The van der Waals surface area contributed by atoms with Crippen molar-refractivity contribution in [1.29, 1.82) is 0 Å². The molecule has 1 saturated heterocycles. The molecule has 0 unspecified atom stereocenters. The first kappa shape index (κ1) is 25.6. The lowest BCUT2D eigenvalue weighted by Crippen LogP contribution is -2.37. The third-order valence-electron chi connectivity index (χ3n) is 5.82. The zero-order valence-electron chi connectivity index (χ0n) is 19.7. The number of rotatable bonds is 10. The van der Waals surface area contributed by atoms with Gasteiger partial charge in [0.15, 0.2) is 0 Å². The number of hydrogen-bond donors (Lipinski definition) is 2. The molecule has 1 fully saturated rings. The van der Waals surface area contributed by atoms with Gasteiger partial charge in [-0.2, -0.15) is 0 Å². The second-order valence-corrected chi connectivity index (χ2v) is 10.1. The molecule has 2 heterocycles. The van der Waals surface area contributed by atoms with Gasteiger partial charge in [-0.25, -0.2) is 17.9 Å². The number of carbonyl (C=O) groups excluding carboxylic acids is 1. The van der Waals surface area contributed by atoms with E-state index in [1.54, 1.807) is 24.3 Å². The molecule has 1 aliphatic rings. The number of hydrogen-bond acceptors (Lipinski definition) is 7. The highest BCUT2D eigenvalue weighted by molar-refractivity contribution is 7.90. The number of aromatic nitrogens is 1. The molecule has 4 rings (SSSR count). The summed E-state index contributed by atoms with van der Waals surface area (Å²) in [5.74, 6) is 0.0648. The van der Waals surface area contributed by atoms with Crippen LogP contribution < -0.4 is 10.2 Å². The minimum absolute atomic E-state index is 0.141. The third-order valence-corrected chi connectivity index (χ3v) is 7.45. The van der Waals surface area contributed by atoms with E-state index >= 15 is 0 Å². The molecule has 0 atom stereocenters. The van der Waals surface area contributed by atoms with Crippen molar-refractivity contribution in [1.82, 2.24) is 14.4 Å². The topological polar surface area (TPSA) is 110 Å². The fourth-order valence-electron chi connectivity index (χ4n) is 3.85. The van der Waals surface area contributed by atoms with Crippen LogP contribution in [0.3, 0.4) is 0 Å². The van der Waals surface area contributed by atoms with Crippen molar-refractivity contribution in [2.24, 2.45) is 0 Å². The summed E-state index contributed by atoms with van der Waals surface area (Å²) in [5, 5.41) is 8.56. The average molecular weight is 512 g/mol. The van der Waals surface area contributed by atoms with Gasteiger partial charge in [-0.1, -0.05) is 24.3 Å². The van der Waals surface area contributed by atoms with Crippen molar-refractivity contribution in [2.45, 2.75) is 11.3 Å². The van der Waals surface area contributed by atoms with E-state index in [9.17, 15) is 13.2 Å². The highest BCUT2D eigenvalue weighted by atomic mass is 32.2. The van der Waals surface area contributed by atoms with Gasteiger partial charge in [0.05, 0.1) is 24.7 Å². The molecule has 3 aromatic rings. The fraction of sp³-hybridized carbons (Fsp3) is 0.269. The summed E-state index contributed by atoms with van der Waals surface area (Å²) in [6.45, 7) is 5.13. The maximum absolute atomic E-state index is 13.1. The Balaban J connectivity index is 1.39. The molecule has 36 heavy (non-hydrogen) atoms. The molecule has 0 bridgehead atoms. The number of carbonyl (C=O) groups is 1. The zero-order valence-corrected chi connectivity index (χ0v) is 20.6. The van der Waals surface area contributed by atoms with Crippen LogP contribution in [0, 0.1) is 0 Å². The maximum atomic E-state index is 13.1. The van der Waals surface area contributed by atoms with Crippen LogP contribution in [0.25, 0.3) is 17.2 Å². The SMILES string of the molecule is O=C(/C=C/c1ccn(S(=O)(=O)c2cccc(-c3ccc(OCCCN4CCOCC4)cc3)c2)c1)NO. The first-order chi connectivity index (χ1) is 17.5. The number of nitrogens with one attached hydrogen (secondary N) is 1. The van der Waals surface area contributed by atoms with Gasteiger partial charge in [-0.15, -0.1) is 0 Å². The molecule has 0 spiro atoms. The van der Waals surface area contributed by atoms with Crippen molar-refractivity contribution >= 4 is 22.0 Å². The normalized spacial score (nSPS) is 14.7. The molecule has 2 N–H and O–H groups in total. The standard InChI is InChI=1S/C26H29N3O6S/c30-26(27-31)10-5-21-11-13-29(20-21)36(32,33)25-4-1-3-23(19-25)22-6-8-24(9-7-22)35-16-2-12-28-14-17-34-18-15-28/h1,3-11,13,19-20,31H,2,12,14-18H2,(H,27,30)/b10-5+. The molecular weight excluding hydrogens is 482 g/mol. The van der Waals surface area contributed by atoms with Gasteiger partial charge in [0.2, 0.25) is 0 Å². The fourth-order valence-corrected chi connectivity index (χ4v) is 5.11. The Hall–Kier alpha value is -3.44. The van der Waals surface area contributed by atoms with Crippen LogP contribution in [0.15, 0.2) is 78.0 Å². The first-order valence-corrected chi connectivity index (χ1v) is 13.1. The minimum atomic E-state index is -3.83. The highest BCUT2D eigenvalue weighted by Crippen LogP contribution is 2.26. The van der Waals surface area contributed by atoms with Gasteiger partial charge < -0.3 is 9.47 Å². The molecule has 10 heteroatoms. The highest BCUT2D eigenvalue weighted by Gasteiger charge is 2.17. The molecule has 1 amide bonds. The van der Waals surface area contributed by atoms with Crippen LogP contribution in [0.2, 0.25) is 0 Å². The molecule has 1 aromatic heterocycles. The van der Waals surface area contributed by atoms with Crippen molar-refractivity contribution < 1.29 is 27.9 Å². The number of amides is 1. The van der Waals surface area contributed by atoms with Crippen LogP contribution >= 0.6 is 0 Å². The van der Waals surface area contributed by atoms with Crippen LogP contribution in [0.4, 0.5) is 0 Å². The Morgan fingerprint density at radius 2 is 1.86 bits per heavy atom. The van der Waals surface area contributed by atoms with Gasteiger partial charge in [-0.3, -0.25) is 14.9 Å². The molecule has 0 radical (unpaired) electrons. The van der Waals surface area contributed by atoms with Crippen molar-refractivity contribution in [3.05, 3.63) is 78.6 Å². The number of ether oxygens (including phenoxy) is 2. The van der Waals surface area contributed by atoms with Gasteiger partial charge in [-0.05, 0) is 59.5 Å². The van der Waals surface area contributed by atoms with E-state index in [1.165, 1.54) is 23.9 Å². The van der Waals surface area contributed by atoms with Crippen LogP contribution in [0.1, 0.15) is 12.0 Å². The number of nitrogens with zero attached hydrogens (tertiary/aromatic N) is 2. The summed E-state index contributed by atoms with van der Waals surface area (Å²) in [7, 11) is -3.83. The van der Waals surface area contributed by atoms with Gasteiger partial charge in [0.1, 0.15) is 5.75 Å². The largest absolute Gasteiger partial charge is 0.494 e. The van der Waals surface area contributed by atoms with Crippen molar-refractivity contribution in [3.63, 3.8) is 0 Å². The predicted octanol–water partition coefficient (Wildman–Crippen LogP) is 3.01. The molecule has 2 aromatic carbocycles. The van der Waals surface area contributed by atoms with Crippen LogP contribution in [-0.4, -0.2) is 67.9 Å². The monoisotopic (exact) mass is 511 g/mol. The van der Waals surface area contributed by atoms with E-state index in [1.807, 2.05) is 30.3 Å². The first-order valence-electron chi connectivity index (χ1n) is 11.6. The predicted molar refractivity (Wildman–Crippen MR) is 135 cm³/mol. The molecule has 0 saturated carbocycles. The van der Waals surface area contributed by atoms with Crippen molar-refractivity contribution in [3.8, 4) is 16.9 Å². The summed E-state index contributed by atoms with van der Waals surface area (Å²) >= 11 is 0. The van der Waals surface area contributed by atoms with Crippen LogP contribution in [-0.2, 0) is 19.6 Å². The lowest BCUT2D eigenvalue weighted by molar-refractivity contribution is -0.124. The molecular formula is C26H29N3O6S. The lowest BCUT2D eigenvalue weighted by atomic mass is 10.1. The Kier molecular flexibility index (Phi) is 8.55. The van der Waals surface area contributed by atoms with Gasteiger partial charge in [0, 0.05) is 38.1 Å². The minimum Gasteiger partial charge on any atom is -0.494 e. The van der Waals surface area contributed by atoms with E-state index in [-0.39, 0.29) is 4.90 Å². The smallest absolute Gasteiger partial charge is 0.267 e. The third kappa shape index (κ3) is 6.61. The Morgan fingerprint density at radius 3 is 2.61 bits per heavy atom. The van der Waals surface area contributed by atoms with E-state index in [0.29, 0.717) is 12.2 Å².